The van der Waals surface area contributed by atoms with E-state index in [0.29, 0.717) is 11.1 Å². The fraction of sp³-hybridized carbons (Fsp3) is 0.154. The third-order valence-electron chi connectivity index (χ3n) is 5.39. The largest absolute Gasteiger partial charge is 0.418 e. The van der Waals surface area contributed by atoms with Gasteiger partial charge in [-0.2, -0.15) is 13.2 Å². The Hall–Kier alpha value is -4.07. The highest BCUT2D eigenvalue weighted by atomic mass is 19.4. The monoisotopic (exact) mass is 465 g/mol. The standard InChI is InChI=1S/C26H22F3N3O2/c1-17-11-12-18-14-19(15-30-20-7-3-2-4-8-20)25(34)32(23(18)13-17)16-24(33)31-22-10-6-5-9-21(22)26(27,28)29/h2-14,30H,15-16H2,1H3,(H,31,33). The molecule has 0 saturated heterocycles. The Bertz CT molecular complexity index is 1400. The van der Waals surface area contributed by atoms with E-state index in [1.807, 2.05) is 49.4 Å². The number of fused-ring (bicyclic) bond motifs is 1. The van der Waals surface area contributed by atoms with Crippen LogP contribution in [0, 0.1) is 6.92 Å². The molecule has 0 unspecified atom stereocenters. The fourth-order valence-corrected chi connectivity index (χ4v) is 3.75. The molecule has 0 aliphatic heterocycles. The second-order valence-electron chi connectivity index (χ2n) is 7.93. The van der Waals surface area contributed by atoms with E-state index < -0.39 is 24.2 Å². The van der Waals surface area contributed by atoms with Gasteiger partial charge in [0.2, 0.25) is 5.91 Å². The second-order valence-corrected chi connectivity index (χ2v) is 7.93. The molecular formula is C26H22F3N3O2. The number of alkyl halides is 3. The van der Waals surface area contributed by atoms with Gasteiger partial charge in [-0.1, -0.05) is 42.5 Å². The topological polar surface area (TPSA) is 63.1 Å². The van der Waals surface area contributed by atoms with Gasteiger partial charge in [0.25, 0.3) is 5.56 Å². The maximum Gasteiger partial charge on any atom is 0.418 e. The average molecular weight is 465 g/mol. The van der Waals surface area contributed by atoms with Crippen molar-refractivity contribution < 1.29 is 18.0 Å². The zero-order valence-electron chi connectivity index (χ0n) is 18.3. The third kappa shape index (κ3) is 5.11. The van der Waals surface area contributed by atoms with Gasteiger partial charge >= 0.3 is 6.18 Å². The molecule has 174 valence electrons. The number of para-hydroxylation sites is 2. The second kappa shape index (κ2) is 9.43. The van der Waals surface area contributed by atoms with Crippen molar-refractivity contribution in [3.8, 4) is 0 Å². The molecule has 34 heavy (non-hydrogen) atoms. The van der Waals surface area contributed by atoms with E-state index in [1.54, 1.807) is 12.1 Å². The van der Waals surface area contributed by atoms with E-state index in [9.17, 15) is 22.8 Å². The summed E-state index contributed by atoms with van der Waals surface area (Å²) in [6, 6.07) is 21.4. The number of rotatable bonds is 6. The SMILES string of the molecule is Cc1ccc2cc(CNc3ccccc3)c(=O)n(CC(=O)Nc3ccccc3C(F)(F)F)c2c1. The molecule has 0 radical (unpaired) electrons. The molecule has 0 atom stereocenters. The first-order valence-electron chi connectivity index (χ1n) is 10.6. The number of nitrogens with one attached hydrogen (secondary N) is 2. The Kier molecular flexibility index (Phi) is 6.40. The normalized spacial score (nSPS) is 11.4. The van der Waals surface area contributed by atoms with Gasteiger partial charge in [-0.15, -0.1) is 0 Å². The summed E-state index contributed by atoms with van der Waals surface area (Å²) in [7, 11) is 0. The number of hydrogen-bond donors (Lipinski definition) is 2. The average Bonchev–Trinajstić information content (AvgIpc) is 2.80. The molecule has 8 heteroatoms. The minimum absolute atomic E-state index is 0.227. The van der Waals surface area contributed by atoms with Crippen molar-refractivity contribution in [2.24, 2.45) is 0 Å². The lowest BCUT2D eigenvalue weighted by Gasteiger charge is -2.16. The number of nitrogens with zero attached hydrogens (tertiary/aromatic N) is 1. The molecule has 0 fully saturated rings. The van der Waals surface area contributed by atoms with Gasteiger partial charge in [-0.25, -0.2) is 0 Å². The van der Waals surface area contributed by atoms with Crippen LogP contribution in [0.15, 0.2) is 83.7 Å². The molecule has 1 amide bonds. The Labute approximate surface area is 193 Å². The minimum atomic E-state index is -4.62. The van der Waals surface area contributed by atoms with Crippen LogP contribution in [0.4, 0.5) is 24.5 Å². The molecule has 4 rings (SSSR count). The van der Waals surface area contributed by atoms with E-state index in [4.69, 9.17) is 0 Å². The van der Waals surface area contributed by atoms with Crippen molar-refractivity contribution in [2.75, 3.05) is 10.6 Å². The zero-order chi connectivity index (χ0) is 24.3. The lowest BCUT2D eigenvalue weighted by Crippen LogP contribution is -2.31. The molecule has 1 aromatic heterocycles. The van der Waals surface area contributed by atoms with Crippen molar-refractivity contribution in [1.29, 1.82) is 0 Å². The smallest absolute Gasteiger partial charge is 0.381 e. The van der Waals surface area contributed by atoms with Crippen LogP contribution in [0.1, 0.15) is 16.7 Å². The predicted octanol–water partition coefficient (Wildman–Crippen LogP) is 5.58. The summed E-state index contributed by atoms with van der Waals surface area (Å²) in [6.45, 7) is 1.66. The van der Waals surface area contributed by atoms with Crippen LogP contribution in [-0.4, -0.2) is 10.5 Å². The molecule has 0 saturated carbocycles. The predicted molar refractivity (Wildman–Crippen MR) is 127 cm³/mol. The van der Waals surface area contributed by atoms with Gasteiger partial charge in [0.15, 0.2) is 0 Å². The Morgan fingerprint density at radius 1 is 0.941 bits per heavy atom. The molecule has 2 N–H and O–H groups in total. The first-order chi connectivity index (χ1) is 16.2. The number of anilines is 2. The highest BCUT2D eigenvalue weighted by Gasteiger charge is 2.33. The summed E-state index contributed by atoms with van der Waals surface area (Å²) in [5.74, 6) is -0.727. The summed E-state index contributed by atoms with van der Waals surface area (Å²) in [5, 5.41) is 6.25. The van der Waals surface area contributed by atoms with Gasteiger partial charge in [0.05, 0.1) is 16.8 Å². The van der Waals surface area contributed by atoms with Crippen LogP contribution >= 0.6 is 0 Å². The molecule has 0 bridgehead atoms. The van der Waals surface area contributed by atoms with Crippen LogP contribution in [0.25, 0.3) is 10.9 Å². The lowest BCUT2D eigenvalue weighted by molar-refractivity contribution is -0.137. The zero-order valence-corrected chi connectivity index (χ0v) is 18.3. The van der Waals surface area contributed by atoms with Crippen molar-refractivity contribution in [3.05, 3.63) is 106 Å². The van der Waals surface area contributed by atoms with Gasteiger partial charge in [-0.3, -0.25) is 14.2 Å². The number of carbonyl (C=O) groups is 1. The van der Waals surface area contributed by atoms with Crippen LogP contribution in [0.3, 0.4) is 0 Å². The van der Waals surface area contributed by atoms with E-state index in [-0.39, 0.29) is 17.8 Å². The summed E-state index contributed by atoms with van der Waals surface area (Å²) in [6.07, 6.45) is -4.62. The molecule has 1 heterocycles. The van der Waals surface area contributed by atoms with Crippen molar-refractivity contribution in [1.82, 2.24) is 4.57 Å². The van der Waals surface area contributed by atoms with Gasteiger partial charge < -0.3 is 10.6 Å². The number of carbonyl (C=O) groups excluding carboxylic acids is 1. The maximum absolute atomic E-state index is 13.3. The van der Waals surface area contributed by atoms with E-state index >= 15 is 0 Å². The van der Waals surface area contributed by atoms with Gasteiger partial charge in [-0.05, 0) is 54.3 Å². The molecule has 0 aliphatic carbocycles. The third-order valence-corrected chi connectivity index (χ3v) is 5.39. The van der Waals surface area contributed by atoms with Crippen LogP contribution < -0.4 is 16.2 Å². The number of hydrogen-bond acceptors (Lipinski definition) is 3. The molecule has 0 aliphatic rings. The van der Waals surface area contributed by atoms with Crippen LogP contribution in [0.5, 0.6) is 0 Å². The van der Waals surface area contributed by atoms with Crippen LogP contribution in [-0.2, 0) is 24.1 Å². The fourth-order valence-electron chi connectivity index (χ4n) is 3.75. The number of aryl methyl sites for hydroxylation is 1. The minimum Gasteiger partial charge on any atom is -0.381 e. The lowest BCUT2D eigenvalue weighted by atomic mass is 10.1. The van der Waals surface area contributed by atoms with Gasteiger partial charge in [0, 0.05) is 17.8 Å². The summed E-state index contributed by atoms with van der Waals surface area (Å²) < 4.78 is 41.2. The quantitative estimate of drug-likeness (QED) is 0.391. The number of pyridine rings is 1. The maximum atomic E-state index is 13.3. The number of aromatic nitrogens is 1. The number of halogens is 3. The summed E-state index contributed by atoms with van der Waals surface area (Å²) in [4.78, 5) is 26.1. The molecule has 5 nitrogen and oxygen atoms in total. The highest BCUT2D eigenvalue weighted by molar-refractivity contribution is 5.92. The highest BCUT2D eigenvalue weighted by Crippen LogP contribution is 2.34. The Morgan fingerprint density at radius 2 is 1.65 bits per heavy atom. The first-order valence-corrected chi connectivity index (χ1v) is 10.6. The number of benzene rings is 3. The van der Waals surface area contributed by atoms with Gasteiger partial charge in [0.1, 0.15) is 6.54 Å². The van der Waals surface area contributed by atoms with E-state index in [0.717, 1.165) is 22.7 Å². The number of amides is 1. The van der Waals surface area contributed by atoms with Crippen molar-refractivity contribution in [2.45, 2.75) is 26.2 Å². The Balaban J connectivity index is 1.67. The first kappa shape index (κ1) is 23.1. The summed E-state index contributed by atoms with van der Waals surface area (Å²) >= 11 is 0. The van der Waals surface area contributed by atoms with Crippen molar-refractivity contribution in [3.63, 3.8) is 0 Å². The molecule has 4 aromatic rings. The Morgan fingerprint density at radius 3 is 2.38 bits per heavy atom. The molecular weight excluding hydrogens is 443 g/mol. The molecule has 3 aromatic carbocycles. The molecule has 0 spiro atoms. The van der Waals surface area contributed by atoms with E-state index in [1.165, 1.54) is 22.8 Å². The van der Waals surface area contributed by atoms with Crippen molar-refractivity contribution >= 4 is 28.2 Å². The van der Waals surface area contributed by atoms with E-state index in [2.05, 4.69) is 10.6 Å². The van der Waals surface area contributed by atoms with Crippen LogP contribution in [0.2, 0.25) is 0 Å². The summed E-state index contributed by atoms with van der Waals surface area (Å²) in [5.41, 5.74) is 1.00.